The van der Waals surface area contributed by atoms with E-state index in [2.05, 4.69) is 32.5 Å². The van der Waals surface area contributed by atoms with Crippen molar-refractivity contribution in [3.63, 3.8) is 0 Å². The average Bonchev–Trinajstić information content (AvgIpc) is 3.04. The number of halogens is 1. The van der Waals surface area contributed by atoms with Gasteiger partial charge in [0.1, 0.15) is 12.9 Å². The van der Waals surface area contributed by atoms with Crippen LogP contribution < -0.4 is 11.1 Å². The van der Waals surface area contributed by atoms with E-state index in [9.17, 15) is 0 Å². The zero-order valence-corrected chi connectivity index (χ0v) is 14.2. The lowest BCUT2D eigenvalue weighted by Gasteiger charge is -2.07. The molecule has 21 heavy (non-hydrogen) atoms. The van der Waals surface area contributed by atoms with Gasteiger partial charge in [-0.25, -0.2) is 9.98 Å². The maximum Gasteiger partial charge on any atom is 0.193 e. The van der Waals surface area contributed by atoms with E-state index >= 15 is 0 Å². The standard InChI is InChI=1S/C14H18N6.HI/c1-20-9-17-13(19-20)8-16-14(15)18-12-6-5-10-3-2-4-11(10)7-12;/h5-7,9H,2-4,8H2,1H3,(H3,15,16,18);1H. The lowest BCUT2D eigenvalue weighted by molar-refractivity contribution is 0.742. The lowest BCUT2D eigenvalue weighted by atomic mass is 10.1. The Morgan fingerprint density at radius 3 is 2.95 bits per heavy atom. The molecule has 1 heterocycles. The minimum atomic E-state index is 0. The minimum Gasteiger partial charge on any atom is -0.370 e. The molecule has 0 saturated heterocycles. The van der Waals surface area contributed by atoms with Gasteiger partial charge in [-0.05, 0) is 42.5 Å². The summed E-state index contributed by atoms with van der Waals surface area (Å²) in [4.78, 5) is 8.34. The fourth-order valence-electron chi connectivity index (χ4n) is 2.45. The molecule has 0 saturated carbocycles. The molecule has 0 aliphatic heterocycles. The lowest BCUT2D eigenvalue weighted by Crippen LogP contribution is -2.22. The van der Waals surface area contributed by atoms with E-state index in [4.69, 9.17) is 5.73 Å². The third-order valence-electron chi connectivity index (χ3n) is 3.41. The molecular weight excluding hydrogens is 379 g/mol. The minimum absolute atomic E-state index is 0. The van der Waals surface area contributed by atoms with Crippen LogP contribution >= 0.6 is 24.0 Å². The van der Waals surface area contributed by atoms with E-state index in [-0.39, 0.29) is 24.0 Å². The van der Waals surface area contributed by atoms with Crippen molar-refractivity contribution in [3.8, 4) is 0 Å². The quantitative estimate of drug-likeness (QED) is 0.470. The van der Waals surface area contributed by atoms with E-state index in [1.165, 1.54) is 24.0 Å². The molecule has 1 aromatic heterocycles. The summed E-state index contributed by atoms with van der Waals surface area (Å²) in [6.45, 7) is 0.380. The topological polar surface area (TPSA) is 81.1 Å². The summed E-state index contributed by atoms with van der Waals surface area (Å²) in [5, 5.41) is 7.27. The number of nitrogens with zero attached hydrogens (tertiary/aromatic N) is 4. The van der Waals surface area contributed by atoms with Crippen LogP contribution in [0.1, 0.15) is 23.4 Å². The first kappa shape index (κ1) is 15.7. The second-order valence-corrected chi connectivity index (χ2v) is 5.00. The number of aromatic nitrogens is 3. The summed E-state index contributed by atoms with van der Waals surface area (Å²) in [5.41, 5.74) is 9.73. The molecule has 0 radical (unpaired) electrons. The predicted octanol–water partition coefficient (Wildman–Crippen LogP) is 1.85. The summed E-state index contributed by atoms with van der Waals surface area (Å²) < 4.78 is 1.65. The highest BCUT2D eigenvalue weighted by Gasteiger charge is 2.10. The van der Waals surface area contributed by atoms with Crippen molar-refractivity contribution in [2.45, 2.75) is 25.8 Å². The van der Waals surface area contributed by atoms with E-state index in [0.717, 1.165) is 12.1 Å². The molecule has 0 spiro atoms. The van der Waals surface area contributed by atoms with E-state index in [1.54, 1.807) is 11.0 Å². The van der Waals surface area contributed by atoms with Crippen LogP contribution in [0.5, 0.6) is 0 Å². The number of benzene rings is 1. The van der Waals surface area contributed by atoms with Crippen molar-refractivity contribution in [1.29, 1.82) is 0 Å². The molecule has 0 fully saturated rings. The monoisotopic (exact) mass is 398 g/mol. The molecule has 0 unspecified atom stereocenters. The molecule has 1 aliphatic rings. The number of aryl methyl sites for hydroxylation is 3. The number of rotatable bonds is 3. The average molecular weight is 398 g/mol. The van der Waals surface area contributed by atoms with Crippen LogP contribution in [0.3, 0.4) is 0 Å². The number of nitrogens with one attached hydrogen (secondary N) is 1. The molecule has 0 amide bonds. The number of anilines is 1. The first-order valence-electron chi connectivity index (χ1n) is 6.74. The normalized spacial score (nSPS) is 13.7. The Balaban J connectivity index is 0.00000161. The maximum absolute atomic E-state index is 5.88. The molecule has 3 rings (SSSR count). The summed E-state index contributed by atoms with van der Waals surface area (Å²) in [6, 6.07) is 6.37. The highest BCUT2D eigenvalue weighted by atomic mass is 127. The fraction of sp³-hybridized carbons (Fsp3) is 0.357. The van der Waals surface area contributed by atoms with Gasteiger partial charge in [-0.1, -0.05) is 6.07 Å². The van der Waals surface area contributed by atoms with Crippen LogP contribution in [-0.2, 0) is 26.4 Å². The molecule has 1 aromatic carbocycles. The highest BCUT2D eigenvalue weighted by Crippen LogP contribution is 2.24. The van der Waals surface area contributed by atoms with Crippen LogP contribution in [-0.4, -0.2) is 20.7 Å². The molecule has 0 bridgehead atoms. The van der Waals surface area contributed by atoms with Gasteiger partial charge in [-0.15, -0.1) is 24.0 Å². The molecule has 6 nitrogen and oxygen atoms in total. The zero-order chi connectivity index (χ0) is 13.9. The van der Waals surface area contributed by atoms with Gasteiger partial charge in [0.15, 0.2) is 11.8 Å². The van der Waals surface area contributed by atoms with Gasteiger partial charge in [-0.3, -0.25) is 4.68 Å². The van der Waals surface area contributed by atoms with Crippen molar-refractivity contribution in [2.75, 3.05) is 5.32 Å². The molecule has 3 N–H and O–H groups in total. The number of aliphatic imine (C=N–C) groups is 1. The molecule has 1 aliphatic carbocycles. The van der Waals surface area contributed by atoms with E-state index < -0.39 is 0 Å². The van der Waals surface area contributed by atoms with Gasteiger partial charge in [0.05, 0.1) is 0 Å². The van der Waals surface area contributed by atoms with Crippen LogP contribution in [0.15, 0.2) is 29.5 Å². The maximum atomic E-state index is 5.88. The second-order valence-electron chi connectivity index (χ2n) is 5.00. The molecule has 112 valence electrons. The number of nitrogens with two attached hydrogens (primary N) is 1. The van der Waals surface area contributed by atoms with Gasteiger partial charge in [0.2, 0.25) is 0 Å². The van der Waals surface area contributed by atoms with Crippen molar-refractivity contribution in [2.24, 2.45) is 17.8 Å². The number of guanidine groups is 1. The molecule has 0 atom stereocenters. The van der Waals surface area contributed by atoms with Gasteiger partial charge >= 0.3 is 0 Å². The molecule has 7 heteroatoms. The fourth-order valence-corrected chi connectivity index (χ4v) is 2.45. The smallest absolute Gasteiger partial charge is 0.193 e. The van der Waals surface area contributed by atoms with E-state index in [1.807, 2.05) is 13.1 Å². The highest BCUT2D eigenvalue weighted by molar-refractivity contribution is 14.0. The molecular formula is C14H19IN6. The van der Waals surface area contributed by atoms with Crippen molar-refractivity contribution < 1.29 is 0 Å². The summed E-state index contributed by atoms with van der Waals surface area (Å²) >= 11 is 0. The Morgan fingerprint density at radius 2 is 2.19 bits per heavy atom. The Hall–Kier alpha value is -1.64. The third kappa shape index (κ3) is 3.93. The number of fused-ring (bicyclic) bond motifs is 1. The van der Waals surface area contributed by atoms with Crippen LogP contribution in [0.4, 0.5) is 5.69 Å². The summed E-state index contributed by atoms with van der Waals surface area (Å²) in [5.74, 6) is 1.04. The van der Waals surface area contributed by atoms with Crippen molar-refractivity contribution >= 4 is 35.6 Å². The van der Waals surface area contributed by atoms with Crippen LogP contribution in [0, 0.1) is 0 Å². The van der Waals surface area contributed by atoms with Gasteiger partial charge in [-0.2, -0.15) is 5.10 Å². The van der Waals surface area contributed by atoms with Crippen molar-refractivity contribution in [3.05, 3.63) is 41.5 Å². The second kappa shape index (κ2) is 6.88. The number of hydrogen-bond acceptors (Lipinski definition) is 3. The van der Waals surface area contributed by atoms with Crippen LogP contribution in [0.2, 0.25) is 0 Å². The first-order chi connectivity index (χ1) is 9.70. The summed E-state index contributed by atoms with van der Waals surface area (Å²) in [7, 11) is 1.83. The van der Waals surface area contributed by atoms with Crippen molar-refractivity contribution in [1.82, 2.24) is 14.8 Å². The van der Waals surface area contributed by atoms with E-state index in [0.29, 0.717) is 18.3 Å². The zero-order valence-electron chi connectivity index (χ0n) is 11.9. The predicted molar refractivity (Wildman–Crippen MR) is 93.8 cm³/mol. The largest absolute Gasteiger partial charge is 0.370 e. The van der Waals surface area contributed by atoms with Crippen LogP contribution in [0.25, 0.3) is 0 Å². The molecule has 2 aromatic rings. The first-order valence-corrected chi connectivity index (χ1v) is 6.74. The van der Waals surface area contributed by atoms with Gasteiger partial charge < -0.3 is 11.1 Å². The Bertz CT molecular complexity index is 649. The third-order valence-corrected chi connectivity index (χ3v) is 3.41. The Morgan fingerprint density at radius 1 is 1.38 bits per heavy atom. The van der Waals surface area contributed by atoms with Gasteiger partial charge in [0, 0.05) is 12.7 Å². The number of hydrogen-bond donors (Lipinski definition) is 2. The Labute approximate surface area is 140 Å². The Kier molecular flexibility index (Phi) is 5.16. The SMILES string of the molecule is Cn1cnc(CN=C(N)Nc2ccc3c(c2)CCC3)n1.I. The summed E-state index contributed by atoms with van der Waals surface area (Å²) in [6.07, 6.45) is 5.23. The van der Waals surface area contributed by atoms with Gasteiger partial charge in [0.25, 0.3) is 0 Å².